The van der Waals surface area contributed by atoms with Gasteiger partial charge in [-0.3, -0.25) is 9.59 Å². The van der Waals surface area contributed by atoms with Crippen LogP contribution in [0.2, 0.25) is 0 Å². The van der Waals surface area contributed by atoms with Crippen molar-refractivity contribution in [2.24, 2.45) is 0 Å². The average Bonchev–Trinajstić information content (AvgIpc) is 2.66. The first kappa shape index (κ1) is 11.1. The predicted octanol–water partition coefficient (Wildman–Crippen LogP) is 2.27. The van der Waals surface area contributed by atoms with Crippen molar-refractivity contribution in [3.05, 3.63) is 40.4 Å². The maximum absolute atomic E-state index is 11.8. The van der Waals surface area contributed by atoms with Gasteiger partial charge in [-0.15, -0.1) is 11.3 Å². The van der Waals surface area contributed by atoms with Crippen LogP contribution < -0.4 is 5.56 Å². The normalized spacial score (nSPS) is 11.2. The SMILES string of the molecule is CC(=O)Cc1ccc2c(c1)sc1nc[nH]c(=O)c12. The van der Waals surface area contributed by atoms with Crippen LogP contribution in [0.4, 0.5) is 0 Å². The quantitative estimate of drug-likeness (QED) is 0.767. The Morgan fingerprint density at radius 1 is 1.44 bits per heavy atom. The van der Waals surface area contributed by atoms with Crippen LogP contribution in [0.15, 0.2) is 29.3 Å². The molecule has 0 unspecified atom stereocenters. The first-order valence-electron chi connectivity index (χ1n) is 5.53. The van der Waals surface area contributed by atoms with Crippen LogP contribution in [-0.2, 0) is 11.2 Å². The Bertz CT molecular complexity index is 817. The van der Waals surface area contributed by atoms with Crippen LogP contribution >= 0.6 is 11.3 Å². The molecule has 3 aromatic rings. The van der Waals surface area contributed by atoms with Crippen molar-refractivity contribution in [1.29, 1.82) is 0 Å². The fraction of sp³-hybridized carbons (Fsp3) is 0.154. The molecule has 0 aliphatic carbocycles. The summed E-state index contributed by atoms with van der Waals surface area (Å²) in [5, 5.41) is 1.53. The molecular weight excluding hydrogens is 248 g/mol. The van der Waals surface area contributed by atoms with E-state index in [1.54, 1.807) is 6.92 Å². The average molecular weight is 258 g/mol. The third-order valence-electron chi connectivity index (χ3n) is 2.79. The number of nitrogens with zero attached hydrogens (tertiary/aromatic N) is 1. The standard InChI is InChI=1S/C13H10N2O2S/c1-7(16)4-8-2-3-9-10(5-8)18-13-11(9)12(17)14-6-15-13/h2-3,5-6H,4H2,1H3,(H,14,15,17). The van der Waals surface area contributed by atoms with Crippen LogP contribution in [-0.4, -0.2) is 15.8 Å². The monoisotopic (exact) mass is 258 g/mol. The van der Waals surface area contributed by atoms with Gasteiger partial charge in [0.2, 0.25) is 0 Å². The zero-order valence-electron chi connectivity index (χ0n) is 9.69. The number of rotatable bonds is 2. The van der Waals surface area contributed by atoms with Gasteiger partial charge >= 0.3 is 0 Å². The van der Waals surface area contributed by atoms with Crippen LogP contribution in [0.1, 0.15) is 12.5 Å². The smallest absolute Gasteiger partial charge is 0.260 e. The van der Waals surface area contributed by atoms with Crippen molar-refractivity contribution < 1.29 is 4.79 Å². The summed E-state index contributed by atoms with van der Waals surface area (Å²) in [4.78, 5) is 30.4. The highest BCUT2D eigenvalue weighted by Gasteiger charge is 2.10. The zero-order chi connectivity index (χ0) is 12.7. The Balaban J connectivity index is 2.30. The Hall–Kier alpha value is -2.01. The van der Waals surface area contributed by atoms with Gasteiger partial charge in [0.25, 0.3) is 5.56 Å². The van der Waals surface area contributed by atoms with Crippen molar-refractivity contribution in [3.8, 4) is 0 Å². The molecule has 0 spiro atoms. The summed E-state index contributed by atoms with van der Waals surface area (Å²) in [7, 11) is 0. The van der Waals surface area contributed by atoms with Crippen LogP contribution in [0, 0.1) is 0 Å². The highest BCUT2D eigenvalue weighted by atomic mass is 32.1. The minimum atomic E-state index is -0.120. The fourth-order valence-electron chi connectivity index (χ4n) is 2.06. The van der Waals surface area contributed by atoms with E-state index in [4.69, 9.17) is 0 Å². The Labute approximate surface area is 106 Å². The molecule has 1 aromatic carbocycles. The number of thiophene rings is 1. The van der Waals surface area contributed by atoms with E-state index in [1.165, 1.54) is 17.7 Å². The molecule has 0 atom stereocenters. The maximum atomic E-state index is 11.8. The van der Waals surface area contributed by atoms with Gasteiger partial charge in [-0.2, -0.15) is 0 Å². The lowest BCUT2D eigenvalue weighted by Crippen LogP contribution is -2.04. The first-order valence-corrected chi connectivity index (χ1v) is 6.35. The molecule has 0 bridgehead atoms. The number of carbonyl (C=O) groups excluding carboxylic acids is 1. The lowest BCUT2D eigenvalue weighted by atomic mass is 10.1. The van der Waals surface area contributed by atoms with E-state index >= 15 is 0 Å². The minimum absolute atomic E-state index is 0.120. The number of carbonyl (C=O) groups is 1. The number of nitrogens with one attached hydrogen (secondary N) is 1. The number of fused-ring (bicyclic) bond motifs is 3. The molecule has 90 valence electrons. The lowest BCUT2D eigenvalue weighted by molar-refractivity contribution is -0.116. The molecule has 0 amide bonds. The van der Waals surface area contributed by atoms with Crippen LogP contribution in [0.3, 0.4) is 0 Å². The van der Waals surface area contributed by atoms with E-state index in [0.717, 1.165) is 20.5 Å². The molecule has 0 aliphatic heterocycles. The second-order valence-corrected chi connectivity index (χ2v) is 5.25. The summed E-state index contributed by atoms with van der Waals surface area (Å²) in [5.41, 5.74) is 0.851. The van der Waals surface area contributed by atoms with Gasteiger partial charge in [-0.1, -0.05) is 12.1 Å². The molecule has 2 heterocycles. The molecule has 4 nitrogen and oxygen atoms in total. The molecule has 1 N–H and O–H groups in total. The summed E-state index contributed by atoms with van der Waals surface area (Å²) >= 11 is 1.47. The van der Waals surface area contributed by atoms with E-state index in [9.17, 15) is 9.59 Å². The summed E-state index contributed by atoms with van der Waals surface area (Å²) in [6.07, 6.45) is 1.84. The number of Topliss-reactive ketones (excluding diaryl/α,β-unsaturated/α-hetero) is 1. The van der Waals surface area contributed by atoms with Gasteiger partial charge in [0.15, 0.2) is 0 Å². The van der Waals surface area contributed by atoms with E-state index < -0.39 is 0 Å². The minimum Gasteiger partial charge on any atom is -0.313 e. The molecule has 0 saturated heterocycles. The second kappa shape index (κ2) is 4.03. The number of ketones is 1. The van der Waals surface area contributed by atoms with Gasteiger partial charge in [-0.05, 0) is 18.6 Å². The van der Waals surface area contributed by atoms with E-state index in [1.807, 2.05) is 18.2 Å². The van der Waals surface area contributed by atoms with Gasteiger partial charge in [0, 0.05) is 16.5 Å². The number of H-pyrrole nitrogens is 1. The van der Waals surface area contributed by atoms with Gasteiger partial charge in [-0.25, -0.2) is 4.98 Å². The zero-order valence-corrected chi connectivity index (χ0v) is 10.5. The third-order valence-corrected chi connectivity index (χ3v) is 3.85. The summed E-state index contributed by atoms with van der Waals surface area (Å²) in [6.45, 7) is 1.57. The lowest BCUT2D eigenvalue weighted by Gasteiger charge is -1.97. The first-order chi connectivity index (χ1) is 8.65. The van der Waals surface area contributed by atoms with E-state index in [0.29, 0.717) is 11.8 Å². The molecule has 0 fully saturated rings. The van der Waals surface area contributed by atoms with E-state index in [-0.39, 0.29) is 11.3 Å². The highest BCUT2D eigenvalue weighted by Crippen LogP contribution is 2.30. The van der Waals surface area contributed by atoms with Crippen molar-refractivity contribution >= 4 is 37.4 Å². The van der Waals surface area contributed by atoms with Gasteiger partial charge < -0.3 is 4.98 Å². The highest BCUT2D eigenvalue weighted by molar-refractivity contribution is 7.25. The molecule has 5 heteroatoms. The molecule has 18 heavy (non-hydrogen) atoms. The molecular formula is C13H10N2O2S. The second-order valence-electron chi connectivity index (χ2n) is 4.22. The molecule has 0 aliphatic rings. The summed E-state index contributed by atoms with van der Waals surface area (Å²) < 4.78 is 0.993. The van der Waals surface area contributed by atoms with Gasteiger partial charge in [0.1, 0.15) is 10.6 Å². The van der Waals surface area contributed by atoms with Gasteiger partial charge in [0.05, 0.1) is 11.7 Å². The van der Waals surface area contributed by atoms with Crippen molar-refractivity contribution in [2.45, 2.75) is 13.3 Å². The largest absolute Gasteiger partial charge is 0.313 e. The van der Waals surface area contributed by atoms with Crippen LogP contribution in [0.5, 0.6) is 0 Å². The number of aromatic nitrogens is 2. The van der Waals surface area contributed by atoms with E-state index in [2.05, 4.69) is 9.97 Å². The Morgan fingerprint density at radius 2 is 2.28 bits per heavy atom. The topological polar surface area (TPSA) is 62.8 Å². The van der Waals surface area contributed by atoms with Crippen molar-refractivity contribution in [1.82, 2.24) is 9.97 Å². The molecule has 0 radical (unpaired) electrons. The number of hydrogen-bond acceptors (Lipinski definition) is 4. The van der Waals surface area contributed by atoms with Crippen molar-refractivity contribution in [3.63, 3.8) is 0 Å². The Morgan fingerprint density at radius 3 is 3.06 bits per heavy atom. The number of hydrogen-bond donors (Lipinski definition) is 1. The third kappa shape index (κ3) is 1.73. The maximum Gasteiger partial charge on any atom is 0.260 e. The molecule has 3 rings (SSSR count). The summed E-state index contributed by atoms with van der Waals surface area (Å²) in [5.74, 6) is 0.131. The molecule has 2 aromatic heterocycles. The van der Waals surface area contributed by atoms with Crippen molar-refractivity contribution in [2.75, 3.05) is 0 Å². The summed E-state index contributed by atoms with van der Waals surface area (Å²) in [6, 6.07) is 5.74. The molecule has 0 saturated carbocycles. The fourth-order valence-corrected chi connectivity index (χ4v) is 3.17. The predicted molar refractivity (Wildman–Crippen MR) is 72.1 cm³/mol. The Kier molecular flexibility index (Phi) is 2.48. The number of benzene rings is 1. The number of aromatic amines is 1. The van der Waals surface area contributed by atoms with Crippen LogP contribution in [0.25, 0.3) is 20.3 Å².